The molecule has 0 heterocycles. The van der Waals surface area contributed by atoms with Crippen LogP contribution in [0.15, 0.2) is 29.3 Å². The predicted octanol–water partition coefficient (Wildman–Crippen LogP) is 3.97. The highest BCUT2D eigenvalue weighted by molar-refractivity contribution is 5.56. The first-order chi connectivity index (χ1) is 7.25. The maximum atomic E-state index is 4.00. The Morgan fingerprint density at radius 2 is 2.07 bits per heavy atom. The summed E-state index contributed by atoms with van der Waals surface area (Å²) in [6, 6.07) is 8.68. The van der Waals surface area contributed by atoms with E-state index in [0.29, 0.717) is 5.92 Å². The van der Waals surface area contributed by atoms with E-state index in [9.17, 15) is 0 Å². The van der Waals surface area contributed by atoms with Crippen LogP contribution in [0, 0.1) is 6.92 Å². The first-order valence-electron chi connectivity index (χ1n) is 5.72. The lowest BCUT2D eigenvalue weighted by Gasteiger charge is -2.13. The van der Waals surface area contributed by atoms with Gasteiger partial charge in [-0.25, -0.2) is 0 Å². The second kappa shape index (κ2) is 6.39. The molecule has 1 aromatic rings. The third kappa shape index (κ3) is 3.86. The van der Waals surface area contributed by atoms with Crippen molar-refractivity contribution in [1.82, 2.24) is 0 Å². The zero-order valence-corrected chi connectivity index (χ0v) is 10.0. The lowest BCUT2D eigenvalue weighted by atomic mass is 9.92. The molecule has 0 spiro atoms. The van der Waals surface area contributed by atoms with Gasteiger partial charge in [0.15, 0.2) is 0 Å². The van der Waals surface area contributed by atoms with Crippen LogP contribution in [0.2, 0.25) is 0 Å². The van der Waals surface area contributed by atoms with Crippen LogP contribution in [0.25, 0.3) is 0 Å². The highest BCUT2D eigenvalue weighted by atomic mass is 14.6. The van der Waals surface area contributed by atoms with Crippen LogP contribution in [0.1, 0.15) is 43.2 Å². The highest BCUT2D eigenvalue weighted by Crippen LogP contribution is 2.23. The molecule has 0 bridgehead atoms. The minimum Gasteiger partial charge on any atom is -0.301 e. The van der Waals surface area contributed by atoms with Gasteiger partial charge in [-0.15, -0.1) is 0 Å². The van der Waals surface area contributed by atoms with Crippen molar-refractivity contribution in [3.8, 4) is 0 Å². The van der Waals surface area contributed by atoms with Crippen molar-refractivity contribution in [2.75, 3.05) is 7.05 Å². The van der Waals surface area contributed by atoms with Crippen LogP contribution in [-0.2, 0) is 0 Å². The molecule has 0 saturated heterocycles. The fraction of sp³-hybridized carbons (Fsp3) is 0.500. The molecule has 0 radical (unpaired) electrons. The summed E-state index contributed by atoms with van der Waals surface area (Å²) in [7, 11) is 1.84. The normalized spacial score (nSPS) is 13.3. The Morgan fingerprint density at radius 1 is 1.33 bits per heavy atom. The molecule has 0 amide bonds. The molecule has 1 unspecified atom stereocenters. The van der Waals surface area contributed by atoms with Gasteiger partial charge in [-0.05, 0) is 49.4 Å². The summed E-state index contributed by atoms with van der Waals surface area (Å²) in [5.74, 6) is 0.663. The van der Waals surface area contributed by atoms with Crippen LogP contribution in [0.4, 0.5) is 0 Å². The molecule has 1 aromatic carbocycles. The average molecular weight is 203 g/mol. The number of benzene rings is 1. The first kappa shape index (κ1) is 12.0. The average Bonchev–Trinajstić information content (AvgIpc) is 2.25. The molecule has 0 N–H and O–H groups in total. The fourth-order valence-corrected chi connectivity index (χ4v) is 1.94. The summed E-state index contributed by atoms with van der Waals surface area (Å²) in [5, 5.41) is 0. The third-order valence-corrected chi connectivity index (χ3v) is 2.87. The lowest BCUT2D eigenvalue weighted by molar-refractivity contribution is 0.647. The van der Waals surface area contributed by atoms with E-state index < -0.39 is 0 Å². The summed E-state index contributed by atoms with van der Waals surface area (Å²) in [6.07, 6.45) is 5.58. The van der Waals surface area contributed by atoms with Crippen molar-refractivity contribution in [2.24, 2.45) is 4.99 Å². The number of nitrogens with zero attached hydrogens (tertiary/aromatic N) is 1. The van der Waals surface area contributed by atoms with Crippen molar-refractivity contribution in [3.63, 3.8) is 0 Å². The van der Waals surface area contributed by atoms with Gasteiger partial charge in [-0.1, -0.05) is 31.2 Å². The second-order valence-corrected chi connectivity index (χ2v) is 4.13. The SMILES string of the molecule is CN=CCCCC(C)c1ccccc1C. The van der Waals surface area contributed by atoms with E-state index in [-0.39, 0.29) is 0 Å². The molecule has 1 atom stereocenters. The zero-order valence-electron chi connectivity index (χ0n) is 10.0. The number of hydrogen-bond donors (Lipinski definition) is 0. The topological polar surface area (TPSA) is 12.4 Å². The summed E-state index contributed by atoms with van der Waals surface area (Å²) in [6.45, 7) is 4.50. The third-order valence-electron chi connectivity index (χ3n) is 2.87. The Balaban J connectivity index is 2.46. The van der Waals surface area contributed by atoms with Crippen molar-refractivity contribution < 1.29 is 0 Å². The van der Waals surface area contributed by atoms with E-state index in [1.807, 2.05) is 13.3 Å². The van der Waals surface area contributed by atoms with Crippen molar-refractivity contribution in [2.45, 2.75) is 39.0 Å². The Kier molecular flexibility index (Phi) is 5.09. The summed E-state index contributed by atoms with van der Waals surface area (Å²) in [4.78, 5) is 4.00. The second-order valence-electron chi connectivity index (χ2n) is 4.13. The number of hydrogen-bond acceptors (Lipinski definition) is 1. The standard InChI is InChI=1S/C14H21N/c1-12-8-4-5-10-14(12)13(2)9-6-7-11-15-3/h4-5,8,10-11,13H,6-7,9H2,1-3H3. The first-order valence-corrected chi connectivity index (χ1v) is 5.72. The number of rotatable bonds is 5. The van der Waals surface area contributed by atoms with Crippen LogP contribution in [0.5, 0.6) is 0 Å². The van der Waals surface area contributed by atoms with Gasteiger partial charge < -0.3 is 4.99 Å². The van der Waals surface area contributed by atoms with E-state index in [2.05, 4.69) is 43.1 Å². The van der Waals surface area contributed by atoms with Gasteiger partial charge in [0, 0.05) is 7.05 Å². The summed E-state index contributed by atoms with van der Waals surface area (Å²) >= 11 is 0. The largest absolute Gasteiger partial charge is 0.301 e. The number of aliphatic imine (C=N–C) groups is 1. The Labute approximate surface area is 93.2 Å². The molecule has 1 heteroatoms. The van der Waals surface area contributed by atoms with E-state index >= 15 is 0 Å². The smallest absolute Gasteiger partial charge is 0.0273 e. The molecule has 1 rings (SSSR count). The molecule has 15 heavy (non-hydrogen) atoms. The van der Waals surface area contributed by atoms with Crippen LogP contribution in [0.3, 0.4) is 0 Å². The molecule has 1 nitrogen and oxygen atoms in total. The minimum absolute atomic E-state index is 0.663. The molecule has 0 aliphatic rings. The maximum absolute atomic E-state index is 4.00. The molecular weight excluding hydrogens is 182 g/mol. The molecule has 0 aromatic heterocycles. The number of unbranched alkanes of at least 4 members (excludes halogenated alkanes) is 1. The van der Waals surface area contributed by atoms with Crippen molar-refractivity contribution >= 4 is 6.21 Å². The van der Waals surface area contributed by atoms with Gasteiger partial charge in [0.2, 0.25) is 0 Å². The molecule has 0 saturated carbocycles. The Morgan fingerprint density at radius 3 is 2.73 bits per heavy atom. The highest BCUT2D eigenvalue weighted by Gasteiger charge is 2.06. The van der Waals surface area contributed by atoms with E-state index in [0.717, 1.165) is 6.42 Å². The van der Waals surface area contributed by atoms with Crippen LogP contribution in [-0.4, -0.2) is 13.3 Å². The van der Waals surface area contributed by atoms with Gasteiger partial charge in [0.1, 0.15) is 0 Å². The molecular formula is C14H21N. The fourth-order valence-electron chi connectivity index (χ4n) is 1.94. The van der Waals surface area contributed by atoms with E-state index in [4.69, 9.17) is 0 Å². The monoisotopic (exact) mass is 203 g/mol. The van der Waals surface area contributed by atoms with E-state index in [1.165, 1.54) is 24.0 Å². The van der Waals surface area contributed by atoms with E-state index in [1.54, 1.807) is 0 Å². The lowest BCUT2D eigenvalue weighted by Crippen LogP contribution is -1.96. The summed E-state index contributed by atoms with van der Waals surface area (Å²) in [5.41, 5.74) is 2.90. The van der Waals surface area contributed by atoms with Crippen LogP contribution >= 0.6 is 0 Å². The molecule has 0 fully saturated rings. The number of aryl methyl sites for hydroxylation is 1. The Bertz CT molecular complexity index is 315. The van der Waals surface area contributed by atoms with Gasteiger partial charge in [-0.2, -0.15) is 0 Å². The van der Waals surface area contributed by atoms with Gasteiger partial charge in [0.05, 0.1) is 0 Å². The summed E-state index contributed by atoms with van der Waals surface area (Å²) < 4.78 is 0. The minimum atomic E-state index is 0.663. The molecule has 82 valence electrons. The van der Waals surface area contributed by atoms with Gasteiger partial charge >= 0.3 is 0 Å². The molecule has 0 aliphatic carbocycles. The quantitative estimate of drug-likeness (QED) is 0.507. The Hall–Kier alpha value is -1.11. The molecule has 0 aliphatic heterocycles. The van der Waals surface area contributed by atoms with Crippen molar-refractivity contribution in [3.05, 3.63) is 35.4 Å². The predicted molar refractivity (Wildman–Crippen MR) is 67.9 cm³/mol. The van der Waals surface area contributed by atoms with Gasteiger partial charge in [0.25, 0.3) is 0 Å². The van der Waals surface area contributed by atoms with Gasteiger partial charge in [-0.3, -0.25) is 0 Å². The maximum Gasteiger partial charge on any atom is 0.0273 e. The zero-order chi connectivity index (χ0) is 11.1. The van der Waals surface area contributed by atoms with Crippen LogP contribution < -0.4 is 0 Å². The van der Waals surface area contributed by atoms with Crippen molar-refractivity contribution in [1.29, 1.82) is 0 Å².